The van der Waals surface area contributed by atoms with Crippen molar-refractivity contribution in [3.63, 3.8) is 0 Å². The molecule has 2 fully saturated rings. The lowest BCUT2D eigenvalue weighted by Crippen LogP contribution is -2.29. The van der Waals surface area contributed by atoms with Crippen LogP contribution in [0.25, 0.3) is 22.3 Å². The molecule has 2 aromatic carbocycles. The molecule has 1 aliphatic heterocycles. The number of anilines is 2. The van der Waals surface area contributed by atoms with E-state index in [2.05, 4.69) is 69.5 Å². The second-order valence-electron chi connectivity index (χ2n) is 11.4. The Balaban J connectivity index is 1.22. The van der Waals surface area contributed by atoms with E-state index in [1.54, 1.807) is 0 Å². The van der Waals surface area contributed by atoms with Crippen LogP contribution in [0.3, 0.4) is 0 Å². The van der Waals surface area contributed by atoms with E-state index in [0.29, 0.717) is 17.9 Å². The van der Waals surface area contributed by atoms with Crippen LogP contribution in [0, 0.1) is 5.92 Å². The summed E-state index contributed by atoms with van der Waals surface area (Å²) < 4.78 is 2.13. The van der Waals surface area contributed by atoms with Crippen molar-refractivity contribution in [2.75, 3.05) is 29.9 Å². The normalized spacial score (nSPS) is 19.9. The summed E-state index contributed by atoms with van der Waals surface area (Å²) in [5, 5.41) is 9.60. The van der Waals surface area contributed by atoms with Crippen LogP contribution in [0.1, 0.15) is 56.9 Å². The first-order valence-corrected chi connectivity index (χ1v) is 14.9. The van der Waals surface area contributed by atoms with Gasteiger partial charge in [0, 0.05) is 49.7 Å². The van der Waals surface area contributed by atoms with Gasteiger partial charge >= 0.3 is 0 Å². The minimum atomic E-state index is 0.346. The van der Waals surface area contributed by atoms with Crippen molar-refractivity contribution in [3.05, 3.63) is 66.4 Å². The second kappa shape index (κ2) is 12.2. The number of aromatic nitrogens is 4. The van der Waals surface area contributed by atoms with Crippen molar-refractivity contribution in [1.29, 1.82) is 0 Å². The van der Waals surface area contributed by atoms with E-state index in [4.69, 9.17) is 20.8 Å². The summed E-state index contributed by atoms with van der Waals surface area (Å²) in [4.78, 5) is 12.2. The number of hydrogen-bond donors (Lipinski definition) is 2. The fourth-order valence-electron chi connectivity index (χ4n) is 6.12. The van der Waals surface area contributed by atoms with Crippen molar-refractivity contribution >= 4 is 22.7 Å². The highest BCUT2D eigenvalue weighted by Crippen LogP contribution is 2.32. The van der Waals surface area contributed by atoms with E-state index in [0.717, 1.165) is 87.0 Å². The van der Waals surface area contributed by atoms with Crippen LogP contribution in [-0.4, -0.2) is 45.4 Å². The molecule has 4 aromatic rings. The minimum Gasteiger partial charge on any atom is -0.372 e. The van der Waals surface area contributed by atoms with Gasteiger partial charge in [0.05, 0.1) is 5.39 Å². The van der Waals surface area contributed by atoms with Crippen molar-refractivity contribution in [2.45, 2.75) is 70.4 Å². The molecule has 3 heterocycles. The molecule has 1 aliphatic carbocycles. The lowest BCUT2D eigenvalue weighted by molar-refractivity contribution is 0.288. The number of piperidine rings is 1. The predicted octanol–water partition coefficient (Wildman–Crippen LogP) is 6.05. The molecular weight excluding hydrogens is 482 g/mol. The van der Waals surface area contributed by atoms with Gasteiger partial charge in [0.1, 0.15) is 5.69 Å². The number of fused-ring (bicyclic) bond motifs is 1. The summed E-state index contributed by atoms with van der Waals surface area (Å²) in [6.45, 7) is 4.01. The third kappa shape index (κ3) is 6.25. The Labute approximate surface area is 231 Å². The van der Waals surface area contributed by atoms with Crippen molar-refractivity contribution in [2.24, 2.45) is 11.7 Å². The Hall–Kier alpha value is -3.45. The molecule has 0 radical (unpaired) electrons. The maximum Gasteiger partial charge on any atom is 0.224 e. The largest absolute Gasteiger partial charge is 0.372 e. The van der Waals surface area contributed by atoms with Gasteiger partial charge in [-0.2, -0.15) is 10.1 Å². The number of benzene rings is 2. The fourth-order valence-corrected chi connectivity index (χ4v) is 6.12. The van der Waals surface area contributed by atoms with E-state index in [9.17, 15) is 0 Å². The first-order valence-electron chi connectivity index (χ1n) is 14.9. The number of aryl methyl sites for hydroxylation is 1. The van der Waals surface area contributed by atoms with Crippen molar-refractivity contribution in [1.82, 2.24) is 19.7 Å². The monoisotopic (exact) mass is 523 g/mol. The van der Waals surface area contributed by atoms with E-state index < -0.39 is 0 Å². The predicted molar refractivity (Wildman–Crippen MR) is 160 cm³/mol. The van der Waals surface area contributed by atoms with Gasteiger partial charge in [-0.25, -0.2) is 9.67 Å². The van der Waals surface area contributed by atoms with Gasteiger partial charge in [0.2, 0.25) is 5.95 Å². The third-order valence-corrected chi connectivity index (χ3v) is 8.44. The van der Waals surface area contributed by atoms with Gasteiger partial charge in [-0.1, -0.05) is 42.5 Å². The highest BCUT2D eigenvalue weighted by atomic mass is 15.3. The Kier molecular flexibility index (Phi) is 8.05. The summed E-state index contributed by atoms with van der Waals surface area (Å²) in [7, 11) is 0. The van der Waals surface area contributed by atoms with Crippen molar-refractivity contribution in [3.8, 4) is 11.3 Å². The van der Waals surface area contributed by atoms with Gasteiger partial charge in [-0.05, 0) is 81.4 Å². The number of rotatable bonds is 9. The van der Waals surface area contributed by atoms with Gasteiger partial charge < -0.3 is 16.0 Å². The molecule has 0 amide bonds. The highest BCUT2D eigenvalue weighted by molar-refractivity contribution is 5.91. The molecule has 0 spiro atoms. The number of nitrogens with one attached hydrogen (secondary N) is 1. The first-order chi connectivity index (χ1) is 19.2. The lowest BCUT2D eigenvalue weighted by atomic mass is 9.86. The molecule has 0 unspecified atom stereocenters. The van der Waals surface area contributed by atoms with E-state index >= 15 is 0 Å². The smallest absolute Gasteiger partial charge is 0.224 e. The Morgan fingerprint density at radius 2 is 1.67 bits per heavy atom. The number of nitrogens with zero attached hydrogens (tertiary/aromatic N) is 5. The molecule has 0 atom stereocenters. The van der Waals surface area contributed by atoms with Crippen LogP contribution in [-0.2, 0) is 13.0 Å². The van der Waals surface area contributed by atoms with E-state index in [1.807, 2.05) is 6.20 Å². The Bertz CT molecular complexity index is 1330. The van der Waals surface area contributed by atoms with E-state index in [1.165, 1.54) is 30.5 Å². The molecule has 0 bridgehead atoms. The zero-order chi connectivity index (χ0) is 26.4. The molecule has 39 heavy (non-hydrogen) atoms. The number of nitrogens with two attached hydrogens (primary N) is 1. The Morgan fingerprint density at radius 3 is 2.44 bits per heavy atom. The quantitative estimate of drug-likeness (QED) is 0.260. The Morgan fingerprint density at radius 1 is 0.897 bits per heavy atom. The third-order valence-electron chi connectivity index (χ3n) is 8.44. The second-order valence-corrected chi connectivity index (χ2v) is 11.4. The van der Waals surface area contributed by atoms with Gasteiger partial charge in [0.15, 0.2) is 5.65 Å². The summed E-state index contributed by atoms with van der Waals surface area (Å²) in [5.41, 5.74) is 11.9. The van der Waals surface area contributed by atoms with Crippen LogP contribution >= 0.6 is 0 Å². The number of hydrogen-bond acceptors (Lipinski definition) is 6. The zero-order valence-corrected chi connectivity index (χ0v) is 22.9. The van der Waals surface area contributed by atoms with Gasteiger partial charge in [-0.3, -0.25) is 0 Å². The van der Waals surface area contributed by atoms with Crippen LogP contribution in [0.5, 0.6) is 0 Å². The molecule has 6 rings (SSSR count). The standard InChI is InChI=1S/C32H41N7/c33-27-15-11-25(12-16-27)23-39-31-29(22-35-32(36-31)34-19-7-10-24-8-3-1-4-9-24)30(37-39)26-13-17-28(18-14-26)38-20-5-2-6-21-38/h1,3-4,8-9,13-14,17-18,22,25,27H,2,5-7,10-12,15-16,19-21,23,33H2,(H,34,35,36). The van der Waals surface area contributed by atoms with Crippen LogP contribution in [0.4, 0.5) is 11.6 Å². The van der Waals surface area contributed by atoms with Crippen molar-refractivity contribution < 1.29 is 0 Å². The summed E-state index contributed by atoms with van der Waals surface area (Å²) in [5.74, 6) is 1.26. The maximum absolute atomic E-state index is 6.19. The molecule has 1 saturated carbocycles. The van der Waals surface area contributed by atoms with Crippen LogP contribution < -0.4 is 16.0 Å². The average molecular weight is 524 g/mol. The molecule has 2 aliphatic rings. The molecule has 2 aromatic heterocycles. The summed E-state index contributed by atoms with van der Waals surface area (Å²) in [6, 6.07) is 19.9. The SMILES string of the molecule is NC1CCC(Cn2nc(-c3ccc(N4CCCCC4)cc3)c3cnc(NCCCc4ccccc4)nc32)CC1. The minimum absolute atomic E-state index is 0.346. The van der Waals surface area contributed by atoms with Crippen LogP contribution in [0.15, 0.2) is 60.8 Å². The zero-order valence-electron chi connectivity index (χ0n) is 22.9. The fraction of sp³-hybridized carbons (Fsp3) is 0.469. The van der Waals surface area contributed by atoms with Crippen LogP contribution in [0.2, 0.25) is 0 Å². The highest BCUT2D eigenvalue weighted by Gasteiger charge is 2.22. The van der Waals surface area contributed by atoms with E-state index in [-0.39, 0.29) is 0 Å². The average Bonchev–Trinajstić information content (AvgIpc) is 3.35. The molecule has 7 nitrogen and oxygen atoms in total. The maximum atomic E-state index is 6.19. The molecule has 3 N–H and O–H groups in total. The molecule has 204 valence electrons. The van der Waals surface area contributed by atoms with Gasteiger partial charge in [0.25, 0.3) is 0 Å². The lowest BCUT2D eigenvalue weighted by Gasteiger charge is -2.28. The molecule has 1 saturated heterocycles. The topological polar surface area (TPSA) is 84.9 Å². The summed E-state index contributed by atoms with van der Waals surface area (Å²) >= 11 is 0. The summed E-state index contributed by atoms with van der Waals surface area (Å²) in [6.07, 6.45) is 12.4. The van der Waals surface area contributed by atoms with Gasteiger partial charge in [-0.15, -0.1) is 0 Å². The first kappa shape index (κ1) is 25.8. The molecule has 7 heteroatoms. The molecular formula is C32H41N7.